The van der Waals surface area contributed by atoms with Gasteiger partial charge in [0, 0.05) is 29.4 Å². The molecule has 1 fully saturated rings. The second-order valence-corrected chi connectivity index (χ2v) is 10.3. The van der Waals surface area contributed by atoms with Crippen LogP contribution in [0.15, 0.2) is 60.3 Å². The van der Waals surface area contributed by atoms with Gasteiger partial charge in [-0.3, -0.25) is 14.9 Å². The van der Waals surface area contributed by atoms with E-state index in [1.165, 1.54) is 30.0 Å². The van der Waals surface area contributed by atoms with Gasteiger partial charge >= 0.3 is 5.69 Å². The molecule has 0 unspecified atom stereocenters. The molecular weight excluding hydrogens is 486 g/mol. The SMILES string of the molecule is COc1ccc(-c2nn(-c3ccccc3)cc2/C=C(\C#N)C(=O)N[C@H]2CCS(=O)(=O)C2)cc1[N+](=O)[O-]. The number of nitriles is 1. The molecule has 1 N–H and O–H groups in total. The lowest BCUT2D eigenvalue weighted by Gasteiger charge is -2.10. The Balaban J connectivity index is 1.77. The fourth-order valence-electron chi connectivity index (χ4n) is 3.89. The maximum Gasteiger partial charge on any atom is 0.311 e. The normalized spacial score (nSPS) is 16.8. The van der Waals surface area contributed by atoms with Crippen LogP contribution in [0.4, 0.5) is 5.69 Å². The van der Waals surface area contributed by atoms with E-state index in [9.17, 15) is 28.6 Å². The molecule has 11 nitrogen and oxygen atoms in total. The number of nitro groups is 1. The smallest absolute Gasteiger partial charge is 0.311 e. The van der Waals surface area contributed by atoms with Crippen LogP contribution in [0.3, 0.4) is 0 Å². The van der Waals surface area contributed by atoms with Crippen molar-refractivity contribution in [3.05, 3.63) is 76.0 Å². The molecule has 2 aromatic carbocycles. The van der Waals surface area contributed by atoms with E-state index in [1.54, 1.807) is 24.4 Å². The fourth-order valence-corrected chi connectivity index (χ4v) is 5.56. The van der Waals surface area contributed by atoms with E-state index in [-0.39, 0.29) is 34.9 Å². The van der Waals surface area contributed by atoms with Crippen LogP contribution >= 0.6 is 0 Å². The van der Waals surface area contributed by atoms with Gasteiger partial charge in [-0.25, -0.2) is 13.1 Å². The first-order valence-corrected chi connectivity index (χ1v) is 12.6. The maximum atomic E-state index is 12.8. The third kappa shape index (κ3) is 5.26. The summed E-state index contributed by atoms with van der Waals surface area (Å²) in [5.41, 5.74) is 1.22. The monoisotopic (exact) mass is 507 g/mol. The molecule has 1 amide bonds. The van der Waals surface area contributed by atoms with E-state index in [4.69, 9.17) is 4.74 Å². The minimum Gasteiger partial charge on any atom is -0.490 e. The molecule has 0 spiro atoms. The van der Waals surface area contributed by atoms with Crippen molar-refractivity contribution in [1.82, 2.24) is 15.1 Å². The van der Waals surface area contributed by atoms with Gasteiger partial charge in [0.05, 0.1) is 29.2 Å². The van der Waals surface area contributed by atoms with Crippen LogP contribution in [0, 0.1) is 21.4 Å². The van der Waals surface area contributed by atoms with Crippen molar-refractivity contribution in [3.63, 3.8) is 0 Å². The molecule has 1 aromatic heterocycles. The maximum absolute atomic E-state index is 12.8. The Hall–Kier alpha value is -4.50. The number of hydrogen-bond acceptors (Lipinski definition) is 8. The van der Waals surface area contributed by atoms with E-state index in [2.05, 4.69) is 10.4 Å². The molecule has 1 aliphatic rings. The summed E-state index contributed by atoms with van der Waals surface area (Å²) < 4.78 is 30.0. The number of ether oxygens (including phenoxy) is 1. The molecule has 12 heteroatoms. The molecule has 1 saturated heterocycles. The average molecular weight is 508 g/mol. The summed E-state index contributed by atoms with van der Waals surface area (Å²) in [6.45, 7) is 0. The van der Waals surface area contributed by atoms with Crippen molar-refractivity contribution >= 4 is 27.5 Å². The van der Waals surface area contributed by atoms with Crippen molar-refractivity contribution in [3.8, 4) is 28.8 Å². The molecule has 4 rings (SSSR count). The summed E-state index contributed by atoms with van der Waals surface area (Å²) in [5, 5.41) is 28.4. The Bertz CT molecular complexity index is 1510. The highest BCUT2D eigenvalue weighted by atomic mass is 32.2. The predicted molar refractivity (Wildman–Crippen MR) is 131 cm³/mol. The molecule has 184 valence electrons. The zero-order chi connectivity index (χ0) is 25.9. The highest BCUT2D eigenvalue weighted by Crippen LogP contribution is 2.34. The molecule has 36 heavy (non-hydrogen) atoms. The number of rotatable bonds is 7. The van der Waals surface area contributed by atoms with Gasteiger partial charge in [-0.2, -0.15) is 10.4 Å². The summed E-state index contributed by atoms with van der Waals surface area (Å²) in [6, 6.07) is 14.7. The van der Waals surface area contributed by atoms with E-state index < -0.39 is 26.7 Å². The van der Waals surface area contributed by atoms with E-state index in [0.29, 0.717) is 22.5 Å². The Morgan fingerprint density at radius 3 is 2.67 bits per heavy atom. The van der Waals surface area contributed by atoms with Crippen LogP contribution in [-0.2, 0) is 14.6 Å². The molecule has 0 bridgehead atoms. The Morgan fingerprint density at radius 1 is 1.31 bits per heavy atom. The highest BCUT2D eigenvalue weighted by Gasteiger charge is 2.30. The number of nitrogens with one attached hydrogen (secondary N) is 1. The quantitative estimate of drug-likeness (QED) is 0.221. The van der Waals surface area contributed by atoms with Gasteiger partial charge in [-0.15, -0.1) is 0 Å². The van der Waals surface area contributed by atoms with Crippen LogP contribution in [0.5, 0.6) is 5.75 Å². The standard InChI is InChI=1S/C24H21N5O6S/c1-35-22-8-7-16(12-21(22)29(31)32)23-18(14-28(27-23)20-5-3-2-4-6-20)11-17(13-25)24(30)26-19-9-10-36(33,34)15-19/h2-8,11-12,14,19H,9-10,15H2,1H3,(H,26,30)/b17-11+/t19-/m0/s1. The predicted octanol–water partition coefficient (Wildman–Crippen LogP) is 2.67. The van der Waals surface area contributed by atoms with Crippen molar-refractivity contribution in [2.75, 3.05) is 18.6 Å². The molecule has 1 aliphatic heterocycles. The topological polar surface area (TPSA) is 157 Å². The number of amides is 1. The average Bonchev–Trinajstić information content (AvgIpc) is 3.44. The van der Waals surface area contributed by atoms with Gasteiger partial charge in [0.15, 0.2) is 15.6 Å². The van der Waals surface area contributed by atoms with Crippen LogP contribution in [0.1, 0.15) is 12.0 Å². The van der Waals surface area contributed by atoms with E-state index >= 15 is 0 Å². The molecule has 3 aromatic rings. The number of aromatic nitrogens is 2. The number of sulfone groups is 1. The van der Waals surface area contributed by atoms with Gasteiger partial charge < -0.3 is 10.1 Å². The third-order valence-corrected chi connectivity index (χ3v) is 7.41. The van der Waals surface area contributed by atoms with Crippen LogP contribution in [-0.4, -0.2) is 53.7 Å². The van der Waals surface area contributed by atoms with Gasteiger partial charge in [0.25, 0.3) is 5.91 Å². The minimum atomic E-state index is -3.22. The Morgan fingerprint density at radius 2 is 2.06 bits per heavy atom. The molecule has 2 heterocycles. The number of benzene rings is 2. The highest BCUT2D eigenvalue weighted by molar-refractivity contribution is 7.91. The van der Waals surface area contributed by atoms with Crippen molar-refractivity contribution in [1.29, 1.82) is 5.26 Å². The zero-order valence-electron chi connectivity index (χ0n) is 19.1. The van der Waals surface area contributed by atoms with Crippen LogP contribution < -0.4 is 10.1 Å². The largest absolute Gasteiger partial charge is 0.490 e. The molecule has 0 radical (unpaired) electrons. The lowest BCUT2D eigenvalue weighted by molar-refractivity contribution is -0.385. The lowest BCUT2D eigenvalue weighted by atomic mass is 10.0. The first kappa shape index (κ1) is 24.6. The second-order valence-electron chi connectivity index (χ2n) is 8.10. The first-order valence-electron chi connectivity index (χ1n) is 10.8. The van der Waals surface area contributed by atoms with Gasteiger partial charge in [0.2, 0.25) is 0 Å². The van der Waals surface area contributed by atoms with Crippen LogP contribution in [0.25, 0.3) is 23.0 Å². The van der Waals surface area contributed by atoms with E-state index in [1.807, 2.05) is 24.3 Å². The summed E-state index contributed by atoms with van der Waals surface area (Å²) in [7, 11) is -1.89. The number of carbonyl (C=O) groups is 1. The van der Waals surface area contributed by atoms with Crippen molar-refractivity contribution in [2.45, 2.75) is 12.5 Å². The Kier molecular flexibility index (Phi) is 6.84. The number of para-hydroxylation sites is 1. The summed E-state index contributed by atoms with van der Waals surface area (Å²) in [6.07, 6.45) is 3.21. The number of hydrogen-bond donors (Lipinski definition) is 1. The summed E-state index contributed by atoms with van der Waals surface area (Å²) in [4.78, 5) is 23.7. The van der Waals surface area contributed by atoms with Gasteiger partial charge in [0.1, 0.15) is 17.3 Å². The molecule has 1 atom stereocenters. The summed E-state index contributed by atoms with van der Waals surface area (Å²) in [5.74, 6) is -0.830. The van der Waals surface area contributed by atoms with Crippen molar-refractivity contribution < 1.29 is 22.9 Å². The third-order valence-electron chi connectivity index (χ3n) is 5.64. The first-order chi connectivity index (χ1) is 17.2. The molecule has 0 aliphatic carbocycles. The molecule has 0 saturated carbocycles. The molecular formula is C24H21N5O6S. The fraction of sp³-hybridized carbons (Fsp3) is 0.208. The number of carbonyl (C=O) groups excluding carboxylic acids is 1. The van der Waals surface area contributed by atoms with E-state index in [0.717, 1.165) is 0 Å². The Labute approximate surface area is 206 Å². The van der Waals surface area contributed by atoms with Gasteiger partial charge in [-0.05, 0) is 36.8 Å². The van der Waals surface area contributed by atoms with Crippen LogP contribution in [0.2, 0.25) is 0 Å². The minimum absolute atomic E-state index is 0.0200. The summed E-state index contributed by atoms with van der Waals surface area (Å²) >= 11 is 0. The zero-order valence-corrected chi connectivity index (χ0v) is 19.9. The lowest BCUT2D eigenvalue weighted by Crippen LogP contribution is -2.36. The second kappa shape index (κ2) is 10.0. The number of methoxy groups -OCH3 is 1. The number of nitro benzene ring substituents is 1. The van der Waals surface area contributed by atoms with Gasteiger partial charge in [-0.1, -0.05) is 18.2 Å². The number of nitrogens with zero attached hydrogens (tertiary/aromatic N) is 4. The van der Waals surface area contributed by atoms with Crippen molar-refractivity contribution in [2.24, 2.45) is 0 Å².